The number of rotatable bonds is 3. The van der Waals surface area contributed by atoms with E-state index in [1.54, 1.807) is 17.7 Å². The predicted octanol–water partition coefficient (Wildman–Crippen LogP) is 11.6. The van der Waals surface area contributed by atoms with Crippen LogP contribution in [0, 0.1) is 0 Å². The molecule has 0 atom stereocenters. The molecule has 11 aromatic rings. The average molecular weight is 662 g/mol. The van der Waals surface area contributed by atoms with Gasteiger partial charge >= 0.3 is 0 Å². The molecule has 49 heavy (non-hydrogen) atoms. The van der Waals surface area contributed by atoms with Crippen molar-refractivity contribution < 1.29 is 0 Å². The summed E-state index contributed by atoms with van der Waals surface area (Å²) >= 11 is 3.64. The van der Waals surface area contributed by atoms with Gasteiger partial charge in [-0.3, -0.25) is 0 Å². The van der Waals surface area contributed by atoms with Crippen LogP contribution in [-0.2, 0) is 0 Å². The van der Waals surface area contributed by atoms with E-state index in [-0.39, 0.29) is 0 Å². The van der Waals surface area contributed by atoms with Crippen LogP contribution in [-0.4, -0.2) is 24.5 Å². The summed E-state index contributed by atoms with van der Waals surface area (Å²) in [6, 6.07) is 44.9. The van der Waals surface area contributed by atoms with Crippen molar-refractivity contribution in [3.8, 4) is 28.3 Å². The molecule has 5 nitrogen and oxygen atoms in total. The molecule has 0 amide bonds. The van der Waals surface area contributed by atoms with Crippen LogP contribution in [0.5, 0.6) is 0 Å². The first-order chi connectivity index (χ1) is 24.3. The molecule has 0 spiro atoms. The highest BCUT2D eigenvalue weighted by molar-refractivity contribution is 7.30. The van der Waals surface area contributed by atoms with Gasteiger partial charge in [-0.2, -0.15) is 0 Å². The molecule has 6 aromatic carbocycles. The minimum atomic E-state index is 0.711. The fourth-order valence-electron chi connectivity index (χ4n) is 7.45. The zero-order chi connectivity index (χ0) is 32.1. The molecule has 0 aliphatic carbocycles. The third kappa shape index (κ3) is 3.85. The van der Waals surface area contributed by atoms with Gasteiger partial charge in [-0.25, -0.2) is 19.9 Å². The highest BCUT2D eigenvalue weighted by Crippen LogP contribution is 2.51. The Morgan fingerprint density at radius 3 is 2.14 bits per heavy atom. The molecule has 5 aromatic heterocycles. The van der Waals surface area contributed by atoms with E-state index in [2.05, 4.69) is 119 Å². The van der Waals surface area contributed by atoms with Crippen LogP contribution in [0.15, 0.2) is 140 Å². The fraction of sp³-hybridized carbons (Fsp3) is 0. The largest absolute Gasteiger partial charge is 0.308 e. The lowest BCUT2D eigenvalue weighted by molar-refractivity contribution is 1.18. The Balaban J connectivity index is 1.20. The van der Waals surface area contributed by atoms with Gasteiger partial charge in [-0.1, -0.05) is 84.9 Å². The fourth-order valence-corrected chi connectivity index (χ4v) is 9.95. The van der Waals surface area contributed by atoms with Gasteiger partial charge in [0.25, 0.3) is 0 Å². The lowest BCUT2D eigenvalue weighted by atomic mass is 10.0. The molecule has 0 aliphatic heterocycles. The van der Waals surface area contributed by atoms with E-state index in [0.717, 1.165) is 43.6 Å². The highest BCUT2D eigenvalue weighted by atomic mass is 32.1. The third-order valence-electron chi connectivity index (χ3n) is 9.55. The van der Waals surface area contributed by atoms with E-state index in [9.17, 15) is 0 Å². The monoisotopic (exact) mass is 661 g/mol. The second-order valence-corrected chi connectivity index (χ2v) is 14.4. The van der Waals surface area contributed by atoms with Crippen molar-refractivity contribution in [3.63, 3.8) is 0 Å². The first-order valence-electron chi connectivity index (χ1n) is 16.1. The molecule has 0 saturated carbocycles. The number of aromatic nitrogens is 5. The first-order valence-corrected chi connectivity index (χ1v) is 17.8. The van der Waals surface area contributed by atoms with Crippen LogP contribution in [0.25, 0.3) is 102 Å². The molecule has 11 rings (SSSR count). The summed E-state index contributed by atoms with van der Waals surface area (Å²) in [7, 11) is 0. The maximum Gasteiger partial charge on any atom is 0.160 e. The maximum atomic E-state index is 5.13. The second kappa shape index (κ2) is 10.2. The van der Waals surface area contributed by atoms with Gasteiger partial charge in [0, 0.05) is 64.7 Å². The van der Waals surface area contributed by atoms with Gasteiger partial charge in [0.05, 0.1) is 37.2 Å². The topological polar surface area (TPSA) is 56.5 Å². The Morgan fingerprint density at radius 2 is 1.27 bits per heavy atom. The van der Waals surface area contributed by atoms with Crippen molar-refractivity contribution in [1.29, 1.82) is 0 Å². The summed E-state index contributed by atoms with van der Waals surface area (Å²) in [5.41, 5.74) is 8.40. The number of thiophene rings is 2. The number of hydrogen-bond acceptors (Lipinski definition) is 6. The Bertz CT molecular complexity index is 3100. The van der Waals surface area contributed by atoms with E-state index in [0.29, 0.717) is 5.82 Å². The van der Waals surface area contributed by atoms with Crippen LogP contribution >= 0.6 is 22.7 Å². The zero-order valence-corrected chi connectivity index (χ0v) is 27.5. The predicted molar refractivity (Wildman–Crippen MR) is 206 cm³/mol. The smallest absolute Gasteiger partial charge is 0.160 e. The quantitative estimate of drug-likeness (QED) is 0.189. The third-order valence-corrected chi connectivity index (χ3v) is 11.9. The van der Waals surface area contributed by atoms with Crippen LogP contribution < -0.4 is 0 Å². The molecule has 228 valence electrons. The van der Waals surface area contributed by atoms with Crippen LogP contribution in [0.1, 0.15) is 0 Å². The van der Waals surface area contributed by atoms with Gasteiger partial charge in [0.15, 0.2) is 5.82 Å². The van der Waals surface area contributed by atoms with Gasteiger partial charge < -0.3 is 4.57 Å². The molecular formula is C42H23N5S2. The number of nitrogens with zero attached hydrogens (tertiary/aromatic N) is 5. The summed E-state index contributed by atoms with van der Waals surface area (Å²) in [4.78, 5) is 19.4. The van der Waals surface area contributed by atoms with E-state index in [1.807, 2.05) is 35.7 Å². The Hall–Kier alpha value is -6.02. The molecule has 7 heteroatoms. The van der Waals surface area contributed by atoms with E-state index in [4.69, 9.17) is 15.0 Å². The van der Waals surface area contributed by atoms with Gasteiger partial charge in [0.1, 0.15) is 6.33 Å². The minimum Gasteiger partial charge on any atom is -0.308 e. The van der Waals surface area contributed by atoms with Gasteiger partial charge in [0.2, 0.25) is 0 Å². The molecule has 0 N–H and O–H groups in total. The summed E-state index contributed by atoms with van der Waals surface area (Å²) in [5.74, 6) is 0.711. The lowest BCUT2D eigenvalue weighted by Gasteiger charge is -2.12. The number of hydrogen-bond donors (Lipinski definition) is 0. The molecule has 0 aliphatic rings. The summed E-state index contributed by atoms with van der Waals surface area (Å²) in [6.45, 7) is 0. The minimum absolute atomic E-state index is 0.711. The van der Waals surface area contributed by atoms with Crippen molar-refractivity contribution in [1.82, 2.24) is 24.5 Å². The Morgan fingerprint density at radius 1 is 0.531 bits per heavy atom. The normalized spacial score (nSPS) is 12.1. The van der Waals surface area contributed by atoms with Crippen molar-refractivity contribution in [2.75, 3.05) is 0 Å². The van der Waals surface area contributed by atoms with Crippen LogP contribution in [0.3, 0.4) is 0 Å². The van der Waals surface area contributed by atoms with Crippen LogP contribution in [0.2, 0.25) is 0 Å². The number of benzene rings is 6. The molecule has 0 unspecified atom stereocenters. The lowest BCUT2D eigenvalue weighted by Crippen LogP contribution is -1.97. The summed E-state index contributed by atoms with van der Waals surface area (Å²) in [5, 5.41) is 7.36. The van der Waals surface area contributed by atoms with Gasteiger partial charge in [-0.15, -0.1) is 22.7 Å². The summed E-state index contributed by atoms with van der Waals surface area (Å²) < 4.78 is 7.33. The van der Waals surface area contributed by atoms with E-state index < -0.39 is 0 Å². The van der Waals surface area contributed by atoms with Crippen molar-refractivity contribution in [2.24, 2.45) is 0 Å². The molecule has 0 saturated heterocycles. The SMILES string of the molecule is c1ccc(-c2nc(-c3ccc(-n4c5ccccc5c5c6c7ccccc7sc6c6c7ncncc7sc6c54)cc3)nc3ccccc23)cc1. The first kappa shape index (κ1) is 27.0. The number of fused-ring (bicyclic) bond motifs is 13. The Labute approximate surface area is 287 Å². The second-order valence-electron chi connectivity index (χ2n) is 12.2. The van der Waals surface area contributed by atoms with Crippen molar-refractivity contribution in [3.05, 3.63) is 140 Å². The molecule has 5 heterocycles. The van der Waals surface area contributed by atoms with E-state index >= 15 is 0 Å². The average Bonchev–Trinajstić information content (AvgIpc) is 3.85. The molecule has 0 fully saturated rings. The highest BCUT2D eigenvalue weighted by Gasteiger charge is 2.25. The molecule has 0 bridgehead atoms. The van der Waals surface area contributed by atoms with E-state index in [1.165, 1.54) is 52.1 Å². The maximum absolute atomic E-state index is 5.13. The standard InChI is InChI=1S/C42H23N5S2/c1-2-10-24(11-3-1)37-27-12-4-7-15-30(27)45-42(46-37)25-18-20-26(21-19-25)47-31-16-8-5-13-28(31)34-35-29-14-6-9-17-32(29)48-40(35)36-38-33(22-43-23-44-38)49-41(36)39(34)47/h1-23H. The zero-order valence-electron chi connectivity index (χ0n) is 25.8. The van der Waals surface area contributed by atoms with Gasteiger partial charge in [-0.05, 0) is 42.5 Å². The number of para-hydroxylation sites is 2. The molecule has 0 radical (unpaired) electrons. The molecular weight excluding hydrogens is 639 g/mol. The van der Waals surface area contributed by atoms with Crippen LogP contribution in [0.4, 0.5) is 0 Å². The summed E-state index contributed by atoms with van der Waals surface area (Å²) in [6.07, 6.45) is 3.62. The Kier molecular flexibility index (Phi) is 5.64. The van der Waals surface area contributed by atoms with Crippen molar-refractivity contribution in [2.45, 2.75) is 0 Å². The van der Waals surface area contributed by atoms with Crippen molar-refractivity contribution >= 4 is 95.9 Å².